The Labute approximate surface area is 204 Å². The molecule has 3 aliphatic rings. The van der Waals surface area contributed by atoms with Gasteiger partial charge in [0, 0.05) is 17.2 Å². The third kappa shape index (κ3) is 3.23. The van der Waals surface area contributed by atoms with Gasteiger partial charge in [-0.2, -0.15) is 0 Å². The van der Waals surface area contributed by atoms with Gasteiger partial charge in [-0.25, -0.2) is 0 Å². The first-order valence-corrected chi connectivity index (χ1v) is 12.5. The quantitative estimate of drug-likeness (QED) is 0.527. The monoisotopic (exact) mass is 471 g/mol. The molecule has 35 heavy (non-hydrogen) atoms. The van der Waals surface area contributed by atoms with Crippen LogP contribution in [-0.2, 0) is 14.3 Å². The molecule has 2 amide bonds. The largest absolute Gasteiger partial charge is 0.507 e. The minimum atomic E-state index is -1.48. The Balaban J connectivity index is 1.42. The lowest BCUT2D eigenvalue weighted by Gasteiger charge is -2.44. The molecule has 3 aromatic rings. The van der Waals surface area contributed by atoms with E-state index in [9.17, 15) is 19.8 Å². The van der Waals surface area contributed by atoms with Gasteiger partial charge in [0.1, 0.15) is 5.75 Å². The Morgan fingerprint density at radius 2 is 1.66 bits per heavy atom. The summed E-state index contributed by atoms with van der Waals surface area (Å²) in [5.41, 5.74) is 1.46. The van der Waals surface area contributed by atoms with Crippen LogP contribution in [0.4, 0.5) is 5.69 Å². The lowest BCUT2D eigenvalue weighted by Crippen LogP contribution is -2.53. The molecular formula is C29H29NO5. The van der Waals surface area contributed by atoms with E-state index in [1.807, 2.05) is 48.5 Å². The van der Waals surface area contributed by atoms with Gasteiger partial charge in [-0.15, -0.1) is 0 Å². The number of phenolic OH excluding ortho intramolecular Hbond substituents is 1. The number of hydrogen-bond acceptors (Lipinski definition) is 5. The second-order valence-electron chi connectivity index (χ2n) is 10.1. The standard InChI is InChI=1S/C29H29NO5/c1-2-8-17-15-22-26(28(33)30(27(22)32)18-9-4-3-5-10-18)23-16-25(35-29(17,23)34)21-13-14-24(31)20-12-7-6-11-19(20)21/h3-7,9-14,17,22-23,25-26,31,34H,2,8,15-16H2,1H3/t17-,22-,23-,25-,26-,29+/m0/s1. The van der Waals surface area contributed by atoms with Crippen LogP contribution >= 0.6 is 0 Å². The summed E-state index contributed by atoms with van der Waals surface area (Å²) in [7, 11) is 0. The Hall–Kier alpha value is -3.22. The zero-order valence-corrected chi connectivity index (χ0v) is 19.6. The maximum absolute atomic E-state index is 13.7. The number of hydrogen-bond donors (Lipinski definition) is 2. The number of fused-ring (bicyclic) bond motifs is 4. The number of aromatic hydroxyl groups is 1. The van der Waals surface area contributed by atoms with Gasteiger partial charge < -0.3 is 14.9 Å². The maximum Gasteiger partial charge on any atom is 0.238 e. The van der Waals surface area contributed by atoms with E-state index >= 15 is 0 Å². The lowest BCUT2D eigenvalue weighted by atomic mass is 9.63. The van der Waals surface area contributed by atoms with Crippen molar-refractivity contribution in [1.82, 2.24) is 0 Å². The topological polar surface area (TPSA) is 87.1 Å². The number of benzene rings is 3. The molecule has 0 bridgehead atoms. The molecule has 1 aliphatic carbocycles. The summed E-state index contributed by atoms with van der Waals surface area (Å²) in [5, 5.41) is 24.0. The van der Waals surface area contributed by atoms with E-state index in [-0.39, 0.29) is 23.5 Å². The third-order valence-corrected chi connectivity index (χ3v) is 8.30. The maximum atomic E-state index is 13.7. The highest BCUT2D eigenvalue weighted by molar-refractivity contribution is 6.22. The average molecular weight is 472 g/mol. The first kappa shape index (κ1) is 22.3. The molecule has 1 saturated carbocycles. The fourth-order valence-corrected chi connectivity index (χ4v) is 6.77. The molecule has 180 valence electrons. The van der Waals surface area contributed by atoms with Crippen molar-refractivity contribution in [2.45, 2.75) is 44.5 Å². The zero-order valence-electron chi connectivity index (χ0n) is 19.6. The van der Waals surface area contributed by atoms with Crippen LogP contribution in [0.15, 0.2) is 66.7 Å². The molecule has 6 rings (SSSR count). The molecule has 0 unspecified atom stereocenters. The normalized spacial score (nSPS) is 32.2. The number of para-hydroxylation sites is 1. The molecule has 6 nitrogen and oxygen atoms in total. The first-order valence-electron chi connectivity index (χ1n) is 12.5. The van der Waals surface area contributed by atoms with Gasteiger partial charge in [0.05, 0.1) is 23.6 Å². The van der Waals surface area contributed by atoms with E-state index in [4.69, 9.17) is 4.74 Å². The van der Waals surface area contributed by atoms with Crippen molar-refractivity contribution >= 4 is 28.3 Å². The molecule has 3 aromatic carbocycles. The average Bonchev–Trinajstić information content (AvgIpc) is 3.34. The van der Waals surface area contributed by atoms with Crippen LogP contribution in [0.1, 0.15) is 44.3 Å². The van der Waals surface area contributed by atoms with Gasteiger partial charge in [-0.05, 0) is 48.4 Å². The summed E-state index contributed by atoms with van der Waals surface area (Å²) in [4.78, 5) is 28.5. The molecular weight excluding hydrogens is 442 g/mol. The summed E-state index contributed by atoms with van der Waals surface area (Å²) < 4.78 is 6.48. The zero-order chi connectivity index (χ0) is 24.3. The van der Waals surface area contributed by atoms with Crippen LogP contribution in [0, 0.1) is 23.7 Å². The molecule has 2 saturated heterocycles. The minimum Gasteiger partial charge on any atom is -0.507 e. The highest BCUT2D eigenvalue weighted by Crippen LogP contribution is 2.59. The smallest absolute Gasteiger partial charge is 0.238 e. The number of rotatable bonds is 4. The Bertz CT molecular complexity index is 1310. The molecule has 6 heteroatoms. The van der Waals surface area contributed by atoms with Crippen LogP contribution in [0.3, 0.4) is 0 Å². The summed E-state index contributed by atoms with van der Waals surface area (Å²) in [6, 6.07) is 20.1. The van der Waals surface area contributed by atoms with Crippen LogP contribution < -0.4 is 4.90 Å². The van der Waals surface area contributed by atoms with Crippen molar-refractivity contribution in [3.05, 3.63) is 72.3 Å². The predicted octanol–water partition coefficient (Wildman–Crippen LogP) is 4.94. The highest BCUT2D eigenvalue weighted by atomic mass is 16.6. The van der Waals surface area contributed by atoms with Crippen LogP contribution in [-0.4, -0.2) is 27.8 Å². The highest BCUT2D eigenvalue weighted by Gasteiger charge is 2.66. The Morgan fingerprint density at radius 1 is 0.943 bits per heavy atom. The number of ether oxygens (including phenoxy) is 1. The number of nitrogens with zero attached hydrogens (tertiary/aromatic N) is 1. The van der Waals surface area contributed by atoms with E-state index in [1.54, 1.807) is 18.2 Å². The van der Waals surface area contributed by atoms with Crippen molar-refractivity contribution in [1.29, 1.82) is 0 Å². The Morgan fingerprint density at radius 3 is 2.40 bits per heavy atom. The van der Waals surface area contributed by atoms with Crippen LogP contribution in [0.25, 0.3) is 10.8 Å². The van der Waals surface area contributed by atoms with E-state index < -0.39 is 29.6 Å². The summed E-state index contributed by atoms with van der Waals surface area (Å²) in [6.07, 6.45) is 1.99. The fraction of sp³-hybridized carbons (Fsp3) is 0.379. The number of carbonyl (C=O) groups is 2. The Kier molecular flexibility index (Phi) is 5.20. The molecule has 0 aromatic heterocycles. The van der Waals surface area contributed by atoms with E-state index in [0.717, 1.165) is 22.8 Å². The number of anilines is 1. The van der Waals surface area contributed by atoms with Gasteiger partial charge in [0.2, 0.25) is 11.8 Å². The second-order valence-corrected chi connectivity index (χ2v) is 10.1. The van der Waals surface area contributed by atoms with Crippen molar-refractivity contribution in [2.24, 2.45) is 23.7 Å². The van der Waals surface area contributed by atoms with E-state index in [1.165, 1.54) is 4.90 Å². The SMILES string of the molecule is CCC[C@H]1C[C@@H]2C(=O)N(c3ccccc3)C(=O)[C@@H]2[C@@H]2C[C@@H](c3ccc(O)c4ccccc34)O[C@]12O. The summed E-state index contributed by atoms with van der Waals surface area (Å²) >= 11 is 0. The molecule has 2 heterocycles. The van der Waals surface area contributed by atoms with Crippen LogP contribution in [0.5, 0.6) is 5.75 Å². The number of amides is 2. The minimum absolute atomic E-state index is 0.173. The molecule has 3 fully saturated rings. The van der Waals surface area contributed by atoms with E-state index in [2.05, 4.69) is 6.92 Å². The van der Waals surface area contributed by atoms with Crippen LogP contribution in [0.2, 0.25) is 0 Å². The molecule has 0 spiro atoms. The lowest BCUT2D eigenvalue weighted by molar-refractivity contribution is -0.269. The fourth-order valence-electron chi connectivity index (χ4n) is 6.77. The van der Waals surface area contributed by atoms with Gasteiger partial charge in [0.15, 0.2) is 5.79 Å². The predicted molar refractivity (Wildman–Crippen MR) is 131 cm³/mol. The molecule has 0 radical (unpaired) electrons. The number of imide groups is 1. The van der Waals surface area contributed by atoms with E-state index in [0.29, 0.717) is 24.9 Å². The van der Waals surface area contributed by atoms with Gasteiger partial charge in [-0.1, -0.05) is 61.9 Å². The van der Waals surface area contributed by atoms with Gasteiger partial charge in [-0.3, -0.25) is 14.5 Å². The van der Waals surface area contributed by atoms with Gasteiger partial charge in [0.25, 0.3) is 0 Å². The van der Waals surface area contributed by atoms with Crippen molar-refractivity contribution in [3.63, 3.8) is 0 Å². The number of aliphatic hydroxyl groups is 1. The number of phenols is 1. The summed E-state index contributed by atoms with van der Waals surface area (Å²) in [5.74, 6) is -3.50. The first-order chi connectivity index (χ1) is 16.9. The van der Waals surface area contributed by atoms with Crippen molar-refractivity contribution in [2.75, 3.05) is 4.90 Å². The summed E-state index contributed by atoms with van der Waals surface area (Å²) in [6.45, 7) is 2.06. The molecule has 2 aliphatic heterocycles. The molecule has 6 atom stereocenters. The van der Waals surface area contributed by atoms with Crippen molar-refractivity contribution < 1.29 is 24.5 Å². The third-order valence-electron chi connectivity index (χ3n) is 8.30. The van der Waals surface area contributed by atoms with Crippen molar-refractivity contribution in [3.8, 4) is 5.75 Å². The molecule has 2 N–H and O–H groups in total. The second kappa shape index (κ2) is 8.18. The number of carbonyl (C=O) groups excluding carboxylic acids is 2. The van der Waals surface area contributed by atoms with Gasteiger partial charge >= 0.3 is 0 Å².